The average molecular weight is 452 g/mol. The Labute approximate surface area is 190 Å². The fourth-order valence-electron chi connectivity index (χ4n) is 4.05. The van der Waals surface area contributed by atoms with Crippen molar-refractivity contribution in [1.82, 2.24) is 10.3 Å². The standard InChI is InChI=1S/C24H25N3O4S/c1-25-22(29)15-10-12-16(13-11-15)26-21(28)14-31-24(30)18-7-3-2-6-17(18)23-27-19-8-4-5-9-20(19)32-23/h4-5,8-13,17-18H,2-3,6-7,14H2,1H3,(H,25,29)(H,26,28). The number of ether oxygens (including phenoxy) is 1. The van der Waals surface area contributed by atoms with E-state index in [0.29, 0.717) is 11.3 Å². The molecule has 7 nitrogen and oxygen atoms in total. The summed E-state index contributed by atoms with van der Waals surface area (Å²) in [7, 11) is 1.56. The van der Waals surface area contributed by atoms with Gasteiger partial charge in [-0.2, -0.15) is 0 Å². The van der Waals surface area contributed by atoms with Crippen LogP contribution in [0.3, 0.4) is 0 Å². The molecule has 2 unspecified atom stereocenters. The van der Waals surface area contributed by atoms with E-state index in [9.17, 15) is 14.4 Å². The summed E-state index contributed by atoms with van der Waals surface area (Å²) in [6.45, 7) is -0.348. The third kappa shape index (κ3) is 4.96. The maximum Gasteiger partial charge on any atom is 0.310 e. The summed E-state index contributed by atoms with van der Waals surface area (Å²) in [5.41, 5.74) is 1.98. The molecular weight excluding hydrogens is 426 g/mol. The molecule has 3 aromatic rings. The molecule has 2 N–H and O–H groups in total. The summed E-state index contributed by atoms with van der Waals surface area (Å²) in [6.07, 6.45) is 3.65. The van der Waals surface area contributed by atoms with Gasteiger partial charge in [0.2, 0.25) is 0 Å². The number of rotatable bonds is 6. The number of fused-ring (bicyclic) bond motifs is 1. The summed E-state index contributed by atoms with van der Waals surface area (Å²) in [5.74, 6) is -1.23. The number of carbonyl (C=O) groups is 3. The van der Waals surface area contributed by atoms with Crippen LogP contribution < -0.4 is 10.6 Å². The fraction of sp³-hybridized carbons (Fsp3) is 0.333. The number of hydrogen-bond acceptors (Lipinski definition) is 6. The topological polar surface area (TPSA) is 97.4 Å². The van der Waals surface area contributed by atoms with Gasteiger partial charge in [0.05, 0.1) is 21.1 Å². The second kappa shape index (κ2) is 9.91. The number of amides is 2. The second-order valence-corrected chi connectivity index (χ2v) is 8.89. The van der Waals surface area contributed by atoms with E-state index in [1.54, 1.807) is 42.6 Å². The number of carbonyl (C=O) groups excluding carboxylic acids is 3. The first kappa shape index (κ1) is 22.0. The molecule has 32 heavy (non-hydrogen) atoms. The smallest absolute Gasteiger partial charge is 0.310 e. The summed E-state index contributed by atoms with van der Waals surface area (Å²) >= 11 is 1.63. The van der Waals surface area contributed by atoms with Gasteiger partial charge < -0.3 is 15.4 Å². The Bertz CT molecular complexity index is 1090. The zero-order valence-electron chi connectivity index (χ0n) is 17.8. The Hall–Kier alpha value is -3.26. The zero-order chi connectivity index (χ0) is 22.5. The van der Waals surface area contributed by atoms with Crippen LogP contribution in [0.2, 0.25) is 0 Å². The number of nitrogens with one attached hydrogen (secondary N) is 2. The largest absolute Gasteiger partial charge is 0.455 e. The quantitative estimate of drug-likeness (QED) is 0.550. The molecule has 2 atom stereocenters. The van der Waals surface area contributed by atoms with Gasteiger partial charge in [-0.3, -0.25) is 14.4 Å². The van der Waals surface area contributed by atoms with Crippen molar-refractivity contribution < 1.29 is 19.1 Å². The highest BCUT2D eigenvalue weighted by Gasteiger charge is 2.35. The van der Waals surface area contributed by atoms with Gasteiger partial charge in [-0.15, -0.1) is 11.3 Å². The van der Waals surface area contributed by atoms with Crippen LogP contribution in [-0.4, -0.2) is 36.4 Å². The number of aromatic nitrogens is 1. The summed E-state index contributed by atoms with van der Waals surface area (Å²) in [4.78, 5) is 41.4. The number of para-hydroxylation sites is 1. The Morgan fingerprint density at radius 2 is 1.81 bits per heavy atom. The molecule has 1 heterocycles. The number of benzene rings is 2. The average Bonchev–Trinajstić information content (AvgIpc) is 3.27. The maximum absolute atomic E-state index is 12.8. The molecule has 1 aromatic heterocycles. The highest BCUT2D eigenvalue weighted by atomic mass is 32.1. The lowest BCUT2D eigenvalue weighted by Gasteiger charge is -2.28. The highest BCUT2D eigenvalue weighted by molar-refractivity contribution is 7.18. The Kier molecular flexibility index (Phi) is 6.80. The van der Waals surface area contributed by atoms with Crippen molar-refractivity contribution >= 4 is 45.0 Å². The lowest BCUT2D eigenvalue weighted by Crippen LogP contribution is -2.30. The van der Waals surface area contributed by atoms with Crippen LogP contribution in [0.4, 0.5) is 5.69 Å². The molecule has 0 bridgehead atoms. The Morgan fingerprint density at radius 3 is 2.56 bits per heavy atom. The van der Waals surface area contributed by atoms with Crippen LogP contribution in [-0.2, 0) is 14.3 Å². The third-order valence-electron chi connectivity index (χ3n) is 5.70. The molecule has 1 aliphatic rings. The summed E-state index contributed by atoms with van der Waals surface area (Å²) < 4.78 is 6.50. The van der Waals surface area contributed by atoms with Gasteiger partial charge in [0, 0.05) is 24.2 Å². The third-order valence-corrected chi connectivity index (χ3v) is 6.87. The monoisotopic (exact) mass is 451 g/mol. The van der Waals surface area contributed by atoms with E-state index >= 15 is 0 Å². The van der Waals surface area contributed by atoms with Crippen LogP contribution in [0.25, 0.3) is 10.2 Å². The van der Waals surface area contributed by atoms with Crippen molar-refractivity contribution in [2.75, 3.05) is 19.0 Å². The van der Waals surface area contributed by atoms with Gasteiger partial charge in [-0.05, 0) is 49.2 Å². The molecular formula is C24H25N3O4S. The molecule has 2 aromatic carbocycles. The van der Waals surface area contributed by atoms with E-state index in [0.717, 1.165) is 40.9 Å². The van der Waals surface area contributed by atoms with Crippen LogP contribution in [0.15, 0.2) is 48.5 Å². The first-order valence-corrected chi connectivity index (χ1v) is 11.5. The van der Waals surface area contributed by atoms with Gasteiger partial charge in [-0.25, -0.2) is 4.98 Å². The first-order valence-electron chi connectivity index (χ1n) is 10.7. The minimum atomic E-state index is -0.418. The predicted octanol–water partition coefficient (Wildman–Crippen LogP) is 4.11. The van der Waals surface area contributed by atoms with Gasteiger partial charge in [-0.1, -0.05) is 25.0 Å². The normalized spacial score (nSPS) is 18.2. The van der Waals surface area contributed by atoms with E-state index in [2.05, 4.69) is 10.6 Å². The second-order valence-electron chi connectivity index (χ2n) is 7.83. The number of thiazole rings is 1. The number of nitrogens with zero attached hydrogens (tertiary/aromatic N) is 1. The van der Waals surface area contributed by atoms with Gasteiger partial charge in [0.15, 0.2) is 6.61 Å². The van der Waals surface area contributed by atoms with Crippen LogP contribution in [0.5, 0.6) is 0 Å². The van der Waals surface area contributed by atoms with Crippen molar-refractivity contribution in [3.05, 3.63) is 59.1 Å². The van der Waals surface area contributed by atoms with E-state index in [-0.39, 0.29) is 30.3 Å². The molecule has 0 spiro atoms. The fourth-order valence-corrected chi connectivity index (χ4v) is 5.21. The predicted molar refractivity (Wildman–Crippen MR) is 124 cm³/mol. The molecule has 0 aliphatic heterocycles. The van der Waals surface area contributed by atoms with Crippen molar-refractivity contribution in [1.29, 1.82) is 0 Å². The lowest BCUT2D eigenvalue weighted by atomic mass is 9.79. The molecule has 0 saturated heterocycles. The minimum absolute atomic E-state index is 0.0222. The molecule has 0 radical (unpaired) electrons. The van der Waals surface area contributed by atoms with Gasteiger partial charge in [0.1, 0.15) is 0 Å². The van der Waals surface area contributed by atoms with E-state index in [1.807, 2.05) is 24.3 Å². The minimum Gasteiger partial charge on any atom is -0.455 e. The number of anilines is 1. The van der Waals surface area contributed by atoms with Crippen molar-refractivity contribution in [3.8, 4) is 0 Å². The summed E-state index contributed by atoms with van der Waals surface area (Å²) in [5, 5.41) is 6.19. The lowest BCUT2D eigenvalue weighted by molar-refractivity contribution is -0.153. The molecule has 1 saturated carbocycles. The van der Waals surface area contributed by atoms with Crippen LogP contribution in [0, 0.1) is 5.92 Å². The Morgan fingerprint density at radius 1 is 1.06 bits per heavy atom. The van der Waals surface area contributed by atoms with E-state index < -0.39 is 5.91 Å². The van der Waals surface area contributed by atoms with Crippen LogP contribution >= 0.6 is 11.3 Å². The Balaban J connectivity index is 1.35. The molecule has 4 rings (SSSR count). The molecule has 8 heteroatoms. The molecule has 2 amide bonds. The SMILES string of the molecule is CNC(=O)c1ccc(NC(=O)COC(=O)C2CCCCC2c2nc3ccccc3s2)cc1. The van der Waals surface area contributed by atoms with Crippen LogP contribution in [0.1, 0.15) is 47.0 Å². The molecule has 1 fully saturated rings. The summed E-state index contributed by atoms with van der Waals surface area (Å²) in [6, 6.07) is 14.5. The van der Waals surface area contributed by atoms with Gasteiger partial charge >= 0.3 is 5.97 Å². The highest BCUT2D eigenvalue weighted by Crippen LogP contribution is 2.41. The molecule has 166 valence electrons. The molecule has 1 aliphatic carbocycles. The number of hydrogen-bond donors (Lipinski definition) is 2. The first-order chi connectivity index (χ1) is 15.5. The van der Waals surface area contributed by atoms with Crippen molar-refractivity contribution in [2.24, 2.45) is 5.92 Å². The van der Waals surface area contributed by atoms with Gasteiger partial charge in [0.25, 0.3) is 11.8 Å². The van der Waals surface area contributed by atoms with E-state index in [1.165, 1.54) is 0 Å². The van der Waals surface area contributed by atoms with E-state index in [4.69, 9.17) is 9.72 Å². The zero-order valence-corrected chi connectivity index (χ0v) is 18.6. The van der Waals surface area contributed by atoms with Crippen molar-refractivity contribution in [2.45, 2.75) is 31.6 Å². The number of esters is 1. The maximum atomic E-state index is 12.8. The van der Waals surface area contributed by atoms with Crippen molar-refractivity contribution in [3.63, 3.8) is 0 Å².